The third kappa shape index (κ3) is 4.59. The van der Waals surface area contributed by atoms with Gasteiger partial charge in [-0.15, -0.1) is 0 Å². The second-order valence-electron chi connectivity index (χ2n) is 3.34. The first kappa shape index (κ1) is 14.9. The van der Waals surface area contributed by atoms with Crippen LogP contribution in [0.5, 0.6) is 5.75 Å². The van der Waals surface area contributed by atoms with Crippen LogP contribution in [0.25, 0.3) is 0 Å². The summed E-state index contributed by atoms with van der Waals surface area (Å²) in [7, 11) is -9.80. The Morgan fingerprint density at radius 1 is 0.889 bits per heavy atom. The van der Waals surface area contributed by atoms with Crippen molar-refractivity contribution in [1.29, 1.82) is 0 Å². The van der Waals surface area contributed by atoms with E-state index in [1.54, 1.807) is 0 Å². The van der Waals surface area contributed by atoms with Crippen molar-refractivity contribution in [2.45, 2.75) is 11.1 Å². The van der Waals surface area contributed by atoms with Gasteiger partial charge in [-0.3, -0.25) is 0 Å². The molecule has 0 unspecified atom stereocenters. The first-order valence-corrected chi connectivity index (χ1v) is 6.16. The van der Waals surface area contributed by atoms with E-state index in [0.29, 0.717) is 12.1 Å². The fourth-order valence-corrected chi connectivity index (χ4v) is 1.61. The van der Waals surface area contributed by atoms with Crippen LogP contribution in [0.3, 0.4) is 0 Å². The standard InChI is InChI=1S/C8H6F8OS/c9-8(10,11)5-17-6-1-3-7(4-2-6)18(12,13,14,15)16/h1-4H,5H2. The summed E-state index contributed by atoms with van der Waals surface area (Å²) in [6.45, 7) is -1.72. The van der Waals surface area contributed by atoms with Crippen LogP contribution in [0.4, 0.5) is 32.6 Å². The Kier molecular flexibility index (Phi) is 2.83. The van der Waals surface area contributed by atoms with Gasteiger partial charge >= 0.3 is 16.4 Å². The lowest BCUT2D eigenvalue weighted by Crippen LogP contribution is -2.19. The quantitative estimate of drug-likeness (QED) is 0.690. The summed E-state index contributed by atoms with van der Waals surface area (Å²) in [5.41, 5.74) is 0. The van der Waals surface area contributed by atoms with Crippen molar-refractivity contribution < 1.29 is 37.3 Å². The summed E-state index contributed by atoms with van der Waals surface area (Å²) in [4.78, 5) is -2.19. The molecule has 0 saturated carbocycles. The summed E-state index contributed by atoms with van der Waals surface area (Å²) >= 11 is 0. The largest absolute Gasteiger partial charge is 0.484 e. The lowest BCUT2D eigenvalue weighted by Gasteiger charge is -2.40. The molecule has 10 heteroatoms. The number of benzene rings is 1. The fraction of sp³-hybridized carbons (Fsp3) is 0.250. The molecule has 1 aromatic rings. The molecule has 0 aliphatic rings. The summed E-state index contributed by atoms with van der Waals surface area (Å²) < 4.78 is 100. The number of ether oxygens (including phenoxy) is 1. The van der Waals surface area contributed by atoms with Crippen LogP contribution in [-0.2, 0) is 0 Å². The molecular weight excluding hydrogens is 296 g/mol. The molecule has 0 aromatic heterocycles. The van der Waals surface area contributed by atoms with Gasteiger partial charge in [0.25, 0.3) is 0 Å². The Labute approximate surface area is 96.1 Å². The summed E-state index contributed by atoms with van der Waals surface area (Å²) in [5.74, 6) is -0.585. The summed E-state index contributed by atoms with van der Waals surface area (Å²) in [6, 6.07) is 0.762. The Bertz CT molecular complexity index is 430. The average molecular weight is 302 g/mol. The lowest BCUT2D eigenvalue weighted by molar-refractivity contribution is -0.153. The van der Waals surface area contributed by atoms with Crippen LogP contribution in [0.15, 0.2) is 29.2 Å². The first-order chi connectivity index (χ1) is 7.67. The summed E-state index contributed by atoms with van der Waals surface area (Å²) in [6.07, 6.45) is -4.67. The van der Waals surface area contributed by atoms with E-state index in [1.807, 2.05) is 0 Å². The van der Waals surface area contributed by atoms with Gasteiger partial charge in [0, 0.05) is 0 Å². The van der Waals surface area contributed by atoms with Crippen LogP contribution in [0.1, 0.15) is 0 Å². The number of alkyl halides is 3. The van der Waals surface area contributed by atoms with Crippen molar-refractivity contribution in [2.24, 2.45) is 0 Å². The van der Waals surface area contributed by atoms with Gasteiger partial charge in [-0.25, -0.2) is 0 Å². The molecule has 1 aromatic carbocycles. The SMILES string of the molecule is FC(F)(F)COc1ccc(S(F)(F)(F)(F)F)cc1. The van der Waals surface area contributed by atoms with E-state index in [0.717, 1.165) is 0 Å². The van der Waals surface area contributed by atoms with E-state index in [9.17, 15) is 32.6 Å². The normalized spacial score (nSPS) is 16.9. The van der Waals surface area contributed by atoms with Crippen LogP contribution in [0, 0.1) is 0 Å². The van der Waals surface area contributed by atoms with Crippen molar-refractivity contribution in [2.75, 3.05) is 6.61 Å². The van der Waals surface area contributed by atoms with Gasteiger partial charge in [-0.2, -0.15) is 13.2 Å². The Balaban J connectivity index is 2.89. The number of hydrogen-bond acceptors (Lipinski definition) is 1. The molecule has 0 bridgehead atoms. The van der Waals surface area contributed by atoms with Gasteiger partial charge < -0.3 is 4.74 Å². The number of halogens is 8. The first-order valence-electron chi connectivity index (χ1n) is 4.21. The minimum atomic E-state index is -9.80. The van der Waals surface area contributed by atoms with Crippen LogP contribution < -0.4 is 4.74 Å². The third-order valence-electron chi connectivity index (χ3n) is 1.67. The van der Waals surface area contributed by atoms with Gasteiger partial charge in [0.1, 0.15) is 10.6 Å². The highest BCUT2D eigenvalue weighted by Gasteiger charge is 2.65. The highest BCUT2D eigenvalue weighted by atomic mass is 32.5. The van der Waals surface area contributed by atoms with Crippen molar-refractivity contribution in [1.82, 2.24) is 0 Å². The maximum Gasteiger partial charge on any atom is 0.422 e. The van der Waals surface area contributed by atoms with E-state index in [-0.39, 0.29) is 12.1 Å². The molecule has 1 rings (SSSR count). The molecule has 0 heterocycles. The van der Waals surface area contributed by atoms with Gasteiger partial charge in [0.2, 0.25) is 0 Å². The predicted octanol–water partition coefficient (Wildman–Crippen LogP) is 5.29. The van der Waals surface area contributed by atoms with E-state index < -0.39 is 33.7 Å². The molecule has 0 spiro atoms. The second-order valence-corrected chi connectivity index (χ2v) is 5.75. The smallest absolute Gasteiger partial charge is 0.422 e. The highest BCUT2D eigenvalue weighted by Crippen LogP contribution is 3.02. The van der Waals surface area contributed by atoms with Gasteiger partial charge in [0.15, 0.2) is 6.61 Å². The fourth-order valence-electron chi connectivity index (χ4n) is 0.958. The van der Waals surface area contributed by atoms with Gasteiger partial charge in [-0.1, -0.05) is 19.4 Å². The minimum absolute atomic E-state index is 0.0206. The Hall–Kier alpha value is -1.19. The van der Waals surface area contributed by atoms with E-state index in [4.69, 9.17) is 0 Å². The molecule has 0 saturated heterocycles. The van der Waals surface area contributed by atoms with Crippen molar-refractivity contribution in [3.63, 3.8) is 0 Å². The van der Waals surface area contributed by atoms with Gasteiger partial charge in [0.05, 0.1) is 0 Å². The molecule has 0 radical (unpaired) electrons. The minimum Gasteiger partial charge on any atom is -0.484 e. The second kappa shape index (κ2) is 3.43. The Morgan fingerprint density at radius 2 is 1.33 bits per heavy atom. The van der Waals surface area contributed by atoms with Crippen LogP contribution >= 0.6 is 10.2 Å². The van der Waals surface area contributed by atoms with Crippen molar-refractivity contribution >= 4 is 10.2 Å². The highest BCUT2D eigenvalue weighted by molar-refractivity contribution is 8.45. The number of hydrogen-bond donors (Lipinski definition) is 0. The van der Waals surface area contributed by atoms with E-state index in [2.05, 4.69) is 4.74 Å². The number of rotatable bonds is 3. The molecule has 0 N–H and O–H groups in total. The molecule has 1 nitrogen and oxygen atoms in total. The maximum absolute atomic E-state index is 12.2. The molecule has 0 atom stereocenters. The Morgan fingerprint density at radius 3 is 1.67 bits per heavy atom. The average Bonchev–Trinajstić information content (AvgIpc) is 2.11. The van der Waals surface area contributed by atoms with Crippen LogP contribution in [0.2, 0.25) is 0 Å². The van der Waals surface area contributed by atoms with E-state index >= 15 is 0 Å². The monoisotopic (exact) mass is 302 g/mol. The molecule has 0 fully saturated rings. The van der Waals surface area contributed by atoms with E-state index in [1.165, 1.54) is 0 Å². The predicted molar refractivity (Wildman–Crippen MR) is 49.4 cm³/mol. The van der Waals surface area contributed by atoms with Crippen LogP contribution in [-0.4, -0.2) is 12.8 Å². The zero-order chi connectivity index (χ0) is 14.3. The molecular formula is C8H6F8OS. The molecule has 106 valence electrons. The summed E-state index contributed by atoms with van der Waals surface area (Å²) in [5, 5.41) is 0. The molecule has 0 aliphatic heterocycles. The zero-order valence-electron chi connectivity index (χ0n) is 8.36. The van der Waals surface area contributed by atoms with Crippen molar-refractivity contribution in [3.8, 4) is 5.75 Å². The molecule has 0 amide bonds. The lowest BCUT2D eigenvalue weighted by atomic mass is 10.3. The van der Waals surface area contributed by atoms with Gasteiger partial charge in [-0.05, 0) is 24.3 Å². The van der Waals surface area contributed by atoms with Crippen molar-refractivity contribution in [3.05, 3.63) is 24.3 Å². The topological polar surface area (TPSA) is 9.23 Å². The third-order valence-corrected chi connectivity index (χ3v) is 2.83. The maximum atomic E-state index is 12.2. The zero-order valence-corrected chi connectivity index (χ0v) is 9.17. The molecule has 18 heavy (non-hydrogen) atoms. The molecule has 0 aliphatic carbocycles.